The maximum absolute atomic E-state index is 12.9. The van der Waals surface area contributed by atoms with Crippen molar-refractivity contribution in [2.45, 2.75) is 50.1 Å². The van der Waals surface area contributed by atoms with Crippen molar-refractivity contribution in [1.82, 2.24) is 0 Å². The molecule has 2 heterocycles. The molecule has 3 aliphatic rings. The number of nitrogens with zero attached hydrogens (tertiary/aromatic N) is 4. The topological polar surface area (TPSA) is 159 Å². The molecule has 236 valence electrons. The summed E-state index contributed by atoms with van der Waals surface area (Å²) in [5.74, 6) is -6.50. The van der Waals surface area contributed by atoms with Crippen LogP contribution in [0.3, 0.4) is 0 Å². The van der Waals surface area contributed by atoms with Crippen molar-refractivity contribution in [3.05, 3.63) is 70.8 Å². The molecule has 0 N–H and O–H groups in total. The Morgan fingerprint density at radius 1 is 0.609 bits per heavy atom. The Balaban J connectivity index is 1.20. The van der Waals surface area contributed by atoms with Crippen molar-refractivity contribution in [3.63, 3.8) is 0 Å². The molecule has 0 radical (unpaired) electrons. The van der Waals surface area contributed by atoms with Gasteiger partial charge in [0.05, 0.1) is 25.0 Å². The third kappa shape index (κ3) is 6.87. The van der Waals surface area contributed by atoms with Crippen molar-refractivity contribution in [2.24, 2.45) is 0 Å². The molecule has 2 aliphatic heterocycles. The van der Waals surface area contributed by atoms with Crippen LogP contribution in [0.15, 0.2) is 59.7 Å². The molecule has 5 rings (SSSR count). The minimum atomic E-state index is -1.57. The minimum Gasteiger partial charge on any atom is -0.419 e. The SMILES string of the molecule is CN(CCC#N)c1ccc(C=C2C(=O)OC3(CCC4(CC3)OC(=O)C(=Cc3ccc(N(C)CCC#N)cc3)C(=O)O4)OC2=O)cc1. The number of hydrogen-bond donors (Lipinski definition) is 0. The third-order valence-corrected chi connectivity index (χ3v) is 8.18. The molecule has 1 saturated carbocycles. The van der Waals surface area contributed by atoms with E-state index in [0.29, 0.717) is 37.1 Å². The molecule has 2 aromatic rings. The summed E-state index contributed by atoms with van der Waals surface area (Å²) in [6.45, 7) is 1.13. The van der Waals surface area contributed by atoms with Crippen LogP contribution in [0.5, 0.6) is 0 Å². The highest BCUT2D eigenvalue weighted by Crippen LogP contribution is 2.45. The summed E-state index contributed by atoms with van der Waals surface area (Å²) in [6.07, 6.45) is 3.38. The first-order valence-electron chi connectivity index (χ1n) is 14.8. The lowest BCUT2D eigenvalue weighted by molar-refractivity contribution is -0.291. The van der Waals surface area contributed by atoms with Gasteiger partial charge in [0.1, 0.15) is 11.1 Å². The molecule has 3 fully saturated rings. The number of anilines is 2. The van der Waals surface area contributed by atoms with E-state index in [0.717, 1.165) is 11.4 Å². The van der Waals surface area contributed by atoms with Crippen LogP contribution in [-0.4, -0.2) is 62.6 Å². The second kappa shape index (κ2) is 13.2. The fourth-order valence-corrected chi connectivity index (χ4v) is 5.44. The van der Waals surface area contributed by atoms with E-state index in [-0.39, 0.29) is 36.8 Å². The molecule has 0 aromatic heterocycles. The van der Waals surface area contributed by atoms with E-state index in [2.05, 4.69) is 12.1 Å². The Kier molecular flexibility index (Phi) is 9.10. The lowest BCUT2D eigenvalue weighted by Crippen LogP contribution is -2.56. The van der Waals surface area contributed by atoms with Crippen molar-refractivity contribution in [1.29, 1.82) is 10.5 Å². The molecular weight excluding hydrogens is 592 g/mol. The predicted octanol–water partition coefficient (Wildman–Crippen LogP) is 4.02. The molecule has 1 aliphatic carbocycles. The molecule has 46 heavy (non-hydrogen) atoms. The third-order valence-electron chi connectivity index (χ3n) is 8.18. The van der Waals surface area contributed by atoms with E-state index in [4.69, 9.17) is 29.5 Å². The van der Waals surface area contributed by atoms with E-state index in [1.165, 1.54) is 12.2 Å². The van der Waals surface area contributed by atoms with Gasteiger partial charge in [0.25, 0.3) is 11.6 Å². The largest absolute Gasteiger partial charge is 0.419 e. The molecule has 12 heteroatoms. The van der Waals surface area contributed by atoms with Gasteiger partial charge in [-0.3, -0.25) is 0 Å². The average molecular weight is 625 g/mol. The van der Waals surface area contributed by atoms with Crippen LogP contribution in [0, 0.1) is 22.7 Å². The molecule has 2 spiro atoms. The van der Waals surface area contributed by atoms with Crippen molar-refractivity contribution in [3.8, 4) is 12.1 Å². The lowest BCUT2D eigenvalue weighted by atomic mass is 9.87. The van der Waals surface area contributed by atoms with Crippen LogP contribution in [0.4, 0.5) is 11.4 Å². The molecule has 0 bridgehead atoms. The quantitative estimate of drug-likeness (QED) is 0.236. The number of rotatable bonds is 8. The summed E-state index contributed by atoms with van der Waals surface area (Å²) < 4.78 is 22.4. The highest BCUT2D eigenvalue weighted by molar-refractivity contribution is 6.19. The lowest BCUT2D eigenvalue weighted by Gasteiger charge is -2.46. The van der Waals surface area contributed by atoms with Gasteiger partial charge in [0.2, 0.25) is 0 Å². The first-order valence-corrected chi connectivity index (χ1v) is 14.8. The fourth-order valence-electron chi connectivity index (χ4n) is 5.44. The van der Waals surface area contributed by atoms with Crippen molar-refractivity contribution in [2.75, 3.05) is 37.0 Å². The van der Waals surface area contributed by atoms with Gasteiger partial charge in [-0.25, -0.2) is 19.2 Å². The van der Waals surface area contributed by atoms with E-state index in [1.54, 1.807) is 24.3 Å². The standard InChI is InChI=1S/C34H32N4O8/c1-37(19-3-17-35)25-9-5-23(6-10-25)21-27-29(39)43-33(44-30(27)40)13-15-34(16-14-33)45-31(41)28(32(42)46-34)22-24-7-11-26(12-8-24)38(2)20-4-18-36/h5-12,21-22H,3-4,13-16,19-20H2,1-2H3. The molecule has 2 saturated heterocycles. The van der Waals surface area contributed by atoms with Gasteiger partial charge in [-0.05, 0) is 47.5 Å². The van der Waals surface area contributed by atoms with Gasteiger partial charge in [0, 0.05) is 64.2 Å². The van der Waals surface area contributed by atoms with Crippen LogP contribution >= 0.6 is 0 Å². The summed E-state index contributed by atoms with van der Waals surface area (Å²) in [5, 5.41) is 17.6. The first-order chi connectivity index (χ1) is 22.1. The van der Waals surface area contributed by atoms with Crippen LogP contribution in [0.1, 0.15) is 49.7 Å². The predicted molar refractivity (Wildman–Crippen MR) is 164 cm³/mol. The summed E-state index contributed by atoms with van der Waals surface area (Å²) in [7, 11) is 3.72. The summed E-state index contributed by atoms with van der Waals surface area (Å²) in [6, 6.07) is 18.4. The first kappa shape index (κ1) is 31.8. The Labute approximate surface area is 266 Å². The zero-order chi connectivity index (χ0) is 32.9. The van der Waals surface area contributed by atoms with Gasteiger partial charge >= 0.3 is 23.9 Å². The van der Waals surface area contributed by atoms with Gasteiger partial charge in [0.15, 0.2) is 0 Å². The number of nitriles is 2. The van der Waals surface area contributed by atoms with Crippen LogP contribution < -0.4 is 9.80 Å². The number of esters is 4. The highest BCUT2D eigenvalue weighted by atomic mass is 16.8. The van der Waals surface area contributed by atoms with E-state index < -0.39 is 35.5 Å². The maximum atomic E-state index is 12.9. The van der Waals surface area contributed by atoms with Crippen molar-refractivity contribution >= 4 is 47.4 Å². The number of benzene rings is 2. The van der Waals surface area contributed by atoms with Crippen LogP contribution in [0.25, 0.3) is 12.2 Å². The number of carbonyl (C=O) groups excluding carboxylic acids is 4. The number of carbonyl (C=O) groups is 4. The number of hydrogen-bond acceptors (Lipinski definition) is 12. The summed E-state index contributed by atoms with van der Waals surface area (Å²) in [5.41, 5.74) is 2.40. The average Bonchev–Trinajstić information content (AvgIpc) is 3.04. The second-order valence-electron chi connectivity index (χ2n) is 11.3. The van der Waals surface area contributed by atoms with Crippen LogP contribution in [-0.2, 0) is 38.1 Å². The zero-order valence-corrected chi connectivity index (χ0v) is 25.5. The molecule has 0 amide bonds. The molecule has 0 atom stereocenters. The summed E-state index contributed by atoms with van der Waals surface area (Å²) in [4.78, 5) is 55.6. The van der Waals surface area contributed by atoms with E-state index in [1.807, 2.05) is 48.2 Å². The zero-order valence-electron chi connectivity index (χ0n) is 25.5. The minimum absolute atomic E-state index is 0.0398. The van der Waals surface area contributed by atoms with E-state index in [9.17, 15) is 19.2 Å². The highest BCUT2D eigenvalue weighted by Gasteiger charge is 2.56. The maximum Gasteiger partial charge on any atom is 0.348 e. The number of ether oxygens (including phenoxy) is 4. The smallest absolute Gasteiger partial charge is 0.348 e. The van der Waals surface area contributed by atoms with Gasteiger partial charge in [-0.2, -0.15) is 10.5 Å². The molecule has 12 nitrogen and oxygen atoms in total. The molecular formula is C34H32N4O8. The van der Waals surface area contributed by atoms with Crippen molar-refractivity contribution < 1.29 is 38.1 Å². The van der Waals surface area contributed by atoms with Gasteiger partial charge in [-0.1, -0.05) is 24.3 Å². The summed E-state index contributed by atoms with van der Waals surface area (Å²) >= 11 is 0. The van der Waals surface area contributed by atoms with E-state index >= 15 is 0 Å². The van der Waals surface area contributed by atoms with Gasteiger partial charge < -0.3 is 28.7 Å². The molecule has 2 aromatic carbocycles. The normalized spacial score (nSPS) is 22.2. The Morgan fingerprint density at radius 2 is 0.913 bits per heavy atom. The Hall–Kier alpha value is -5.62. The Morgan fingerprint density at radius 3 is 1.20 bits per heavy atom. The fraction of sp³-hybridized carbons (Fsp3) is 0.353. The molecule has 0 unspecified atom stereocenters. The van der Waals surface area contributed by atoms with Gasteiger partial charge in [-0.15, -0.1) is 0 Å². The second-order valence-corrected chi connectivity index (χ2v) is 11.3. The monoisotopic (exact) mass is 624 g/mol. The van der Waals surface area contributed by atoms with Crippen LogP contribution in [0.2, 0.25) is 0 Å². The Bertz CT molecular complexity index is 1500.